The molecule has 1 heterocycles. The van der Waals surface area contributed by atoms with Gasteiger partial charge in [0, 0.05) is 32.5 Å². The van der Waals surface area contributed by atoms with Gasteiger partial charge in [0.25, 0.3) is 0 Å². The Balaban J connectivity index is 1.63. The van der Waals surface area contributed by atoms with Crippen molar-refractivity contribution in [2.75, 3.05) is 31.7 Å². The van der Waals surface area contributed by atoms with E-state index in [2.05, 4.69) is 29.2 Å². The van der Waals surface area contributed by atoms with Gasteiger partial charge in [0.05, 0.1) is 0 Å². The van der Waals surface area contributed by atoms with Crippen molar-refractivity contribution in [1.82, 2.24) is 0 Å². The molecule has 0 atom stereocenters. The standard InChI is InChI=1S/C18H26NO/c1-20-14-11-15-9-12-19(13-10-15)18-8-3-2-7-17(18)16-5-4-6-16/h3,7-8,15-16H,4-6,9-14H2,1H3. The highest BCUT2D eigenvalue weighted by Crippen LogP contribution is 2.41. The number of piperidine rings is 1. The van der Waals surface area contributed by atoms with Crippen molar-refractivity contribution in [3.63, 3.8) is 0 Å². The topological polar surface area (TPSA) is 12.5 Å². The highest BCUT2D eigenvalue weighted by Gasteiger charge is 2.26. The fraction of sp³-hybridized carbons (Fsp3) is 0.667. The number of ether oxygens (including phenoxy) is 1. The number of hydrogen-bond acceptors (Lipinski definition) is 2. The first-order valence-corrected chi connectivity index (χ1v) is 8.12. The molecule has 1 aliphatic heterocycles. The Morgan fingerprint density at radius 2 is 2.05 bits per heavy atom. The molecule has 109 valence electrons. The van der Waals surface area contributed by atoms with E-state index < -0.39 is 0 Å². The Morgan fingerprint density at radius 3 is 2.70 bits per heavy atom. The van der Waals surface area contributed by atoms with Crippen LogP contribution in [0.1, 0.15) is 50.0 Å². The third kappa shape index (κ3) is 3.01. The maximum absolute atomic E-state index is 5.21. The van der Waals surface area contributed by atoms with E-state index in [1.807, 2.05) is 0 Å². The fourth-order valence-corrected chi connectivity index (χ4v) is 3.52. The second kappa shape index (κ2) is 6.62. The summed E-state index contributed by atoms with van der Waals surface area (Å²) >= 11 is 0. The zero-order valence-corrected chi connectivity index (χ0v) is 12.6. The van der Waals surface area contributed by atoms with Gasteiger partial charge in [-0.1, -0.05) is 12.5 Å². The highest BCUT2D eigenvalue weighted by molar-refractivity contribution is 5.55. The molecule has 2 nitrogen and oxygen atoms in total. The third-order valence-corrected chi connectivity index (χ3v) is 5.10. The summed E-state index contributed by atoms with van der Waals surface area (Å²) in [4.78, 5) is 2.60. The van der Waals surface area contributed by atoms with Crippen LogP contribution in [0.3, 0.4) is 0 Å². The predicted octanol–water partition coefficient (Wildman–Crippen LogP) is 4.01. The summed E-state index contributed by atoms with van der Waals surface area (Å²) in [5, 5.41) is 0. The molecule has 2 fully saturated rings. The minimum absolute atomic E-state index is 0.800. The first kappa shape index (κ1) is 13.9. The van der Waals surface area contributed by atoms with E-state index >= 15 is 0 Å². The Kier molecular flexibility index (Phi) is 4.62. The molecule has 0 amide bonds. The second-order valence-electron chi connectivity index (χ2n) is 6.32. The smallest absolute Gasteiger partial charge is 0.0464 e. The van der Waals surface area contributed by atoms with Crippen molar-refractivity contribution in [3.05, 3.63) is 29.8 Å². The Labute approximate surface area is 123 Å². The van der Waals surface area contributed by atoms with Crippen molar-refractivity contribution in [1.29, 1.82) is 0 Å². The summed E-state index contributed by atoms with van der Waals surface area (Å²) in [5.41, 5.74) is 3.03. The van der Waals surface area contributed by atoms with E-state index in [4.69, 9.17) is 4.74 Å². The summed E-state index contributed by atoms with van der Waals surface area (Å²) in [6, 6.07) is 9.87. The number of methoxy groups -OCH3 is 1. The van der Waals surface area contributed by atoms with Crippen LogP contribution < -0.4 is 4.90 Å². The summed E-state index contributed by atoms with van der Waals surface area (Å²) in [7, 11) is 1.81. The summed E-state index contributed by atoms with van der Waals surface area (Å²) in [6.45, 7) is 3.33. The molecule has 20 heavy (non-hydrogen) atoms. The molecule has 2 heteroatoms. The van der Waals surface area contributed by atoms with Crippen molar-refractivity contribution in [2.24, 2.45) is 5.92 Å². The lowest BCUT2D eigenvalue weighted by Crippen LogP contribution is -2.35. The number of anilines is 1. The molecule has 2 aliphatic rings. The van der Waals surface area contributed by atoms with E-state index in [1.165, 1.54) is 57.3 Å². The molecule has 0 unspecified atom stereocenters. The molecule has 1 saturated carbocycles. The van der Waals surface area contributed by atoms with Crippen LogP contribution in [-0.2, 0) is 4.74 Å². The zero-order valence-electron chi connectivity index (χ0n) is 12.6. The lowest BCUT2D eigenvalue weighted by atomic mass is 9.79. The van der Waals surface area contributed by atoms with E-state index in [1.54, 1.807) is 12.7 Å². The van der Waals surface area contributed by atoms with Crippen molar-refractivity contribution < 1.29 is 4.74 Å². The number of rotatable bonds is 5. The van der Waals surface area contributed by atoms with E-state index in [0.717, 1.165) is 18.4 Å². The van der Waals surface area contributed by atoms with Crippen molar-refractivity contribution in [2.45, 2.75) is 44.4 Å². The third-order valence-electron chi connectivity index (χ3n) is 5.10. The summed E-state index contributed by atoms with van der Waals surface area (Å²) in [6.07, 6.45) is 7.99. The Morgan fingerprint density at radius 1 is 1.25 bits per heavy atom. The lowest BCUT2D eigenvalue weighted by molar-refractivity contribution is 0.170. The molecular formula is C18H26NO. The average Bonchev–Trinajstić information content (AvgIpc) is 2.45. The van der Waals surface area contributed by atoms with Crippen LogP contribution in [-0.4, -0.2) is 26.8 Å². The van der Waals surface area contributed by atoms with Crippen LogP contribution in [0.25, 0.3) is 0 Å². The van der Waals surface area contributed by atoms with Crippen LogP contribution >= 0.6 is 0 Å². The van der Waals surface area contributed by atoms with Crippen LogP contribution in [0, 0.1) is 12.0 Å². The van der Waals surface area contributed by atoms with Gasteiger partial charge in [-0.3, -0.25) is 0 Å². The molecule has 1 aliphatic carbocycles. The molecule has 1 saturated heterocycles. The maximum atomic E-state index is 5.21. The highest BCUT2D eigenvalue weighted by atomic mass is 16.5. The van der Waals surface area contributed by atoms with E-state index in [0.29, 0.717) is 0 Å². The van der Waals surface area contributed by atoms with Gasteiger partial charge >= 0.3 is 0 Å². The zero-order chi connectivity index (χ0) is 13.8. The second-order valence-corrected chi connectivity index (χ2v) is 6.32. The number of benzene rings is 1. The van der Waals surface area contributed by atoms with Gasteiger partial charge in [-0.2, -0.15) is 0 Å². The minimum Gasteiger partial charge on any atom is -0.385 e. The number of hydrogen-bond donors (Lipinski definition) is 0. The van der Waals surface area contributed by atoms with Gasteiger partial charge in [0.2, 0.25) is 0 Å². The monoisotopic (exact) mass is 272 g/mol. The first-order valence-electron chi connectivity index (χ1n) is 8.12. The molecular weight excluding hydrogens is 246 g/mol. The molecule has 1 radical (unpaired) electrons. The lowest BCUT2D eigenvalue weighted by Gasteiger charge is -2.37. The predicted molar refractivity (Wildman–Crippen MR) is 83.3 cm³/mol. The molecule has 0 spiro atoms. The molecule has 1 aromatic rings. The first-order chi connectivity index (χ1) is 9.88. The largest absolute Gasteiger partial charge is 0.385 e. The van der Waals surface area contributed by atoms with Gasteiger partial charge < -0.3 is 9.64 Å². The minimum atomic E-state index is 0.800. The van der Waals surface area contributed by atoms with Gasteiger partial charge in [-0.25, -0.2) is 0 Å². The summed E-state index contributed by atoms with van der Waals surface area (Å²) < 4.78 is 5.21. The van der Waals surface area contributed by atoms with Crippen LogP contribution in [0.5, 0.6) is 0 Å². The van der Waals surface area contributed by atoms with Gasteiger partial charge in [-0.15, -0.1) is 0 Å². The quantitative estimate of drug-likeness (QED) is 0.803. The molecule has 0 N–H and O–H groups in total. The fourth-order valence-electron chi connectivity index (χ4n) is 3.52. The van der Waals surface area contributed by atoms with Gasteiger partial charge in [-0.05, 0) is 67.7 Å². The van der Waals surface area contributed by atoms with E-state index in [-0.39, 0.29) is 0 Å². The average molecular weight is 272 g/mol. The van der Waals surface area contributed by atoms with Crippen LogP contribution in [0.15, 0.2) is 18.2 Å². The normalized spacial score (nSPS) is 20.9. The summed E-state index contributed by atoms with van der Waals surface area (Å²) in [5.74, 6) is 1.65. The van der Waals surface area contributed by atoms with Crippen LogP contribution in [0.2, 0.25) is 0 Å². The molecule has 0 bridgehead atoms. The Hall–Kier alpha value is -1.02. The van der Waals surface area contributed by atoms with Crippen LogP contribution in [0.4, 0.5) is 5.69 Å². The van der Waals surface area contributed by atoms with E-state index in [9.17, 15) is 0 Å². The van der Waals surface area contributed by atoms with Gasteiger partial charge in [0.1, 0.15) is 0 Å². The van der Waals surface area contributed by atoms with Gasteiger partial charge in [0.15, 0.2) is 0 Å². The number of nitrogens with zero attached hydrogens (tertiary/aromatic N) is 1. The van der Waals surface area contributed by atoms with Crippen molar-refractivity contribution >= 4 is 5.69 Å². The SMILES string of the molecule is COCCC1CCN(c2cc[c]cc2C2CCC2)CC1. The Bertz CT molecular complexity index is 419. The molecule has 3 rings (SSSR count). The molecule has 0 aromatic heterocycles. The maximum Gasteiger partial charge on any atom is 0.0464 e. The molecule has 1 aromatic carbocycles. The van der Waals surface area contributed by atoms with Crippen molar-refractivity contribution in [3.8, 4) is 0 Å².